The van der Waals surface area contributed by atoms with E-state index < -0.39 is 0 Å². The van der Waals surface area contributed by atoms with Crippen molar-refractivity contribution < 1.29 is 0 Å². The van der Waals surface area contributed by atoms with Crippen LogP contribution in [0, 0.1) is 41.5 Å². The lowest BCUT2D eigenvalue weighted by Crippen LogP contribution is -1.88. The molecule has 4 aromatic rings. The Balaban J connectivity index is 0.000000218. The van der Waals surface area contributed by atoms with Crippen LogP contribution in [0.1, 0.15) is 58.4 Å². The van der Waals surface area contributed by atoms with Gasteiger partial charge in [0.2, 0.25) is 0 Å². The summed E-state index contributed by atoms with van der Waals surface area (Å²) < 4.78 is 0. The normalized spacial score (nSPS) is 9.94. The third-order valence-corrected chi connectivity index (χ3v) is 5.70. The SMILES string of the molecule is CC.Cc1ccc(-c2ccc(C)cc2C)c(C)c1.Cc1ccc(Cc2ccc(C)cc2)cc1. The Morgan fingerprint density at radius 2 is 0.697 bits per heavy atom. The van der Waals surface area contributed by atoms with Crippen molar-refractivity contribution in [3.63, 3.8) is 0 Å². The Morgan fingerprint density at radius 3 is 1.00 bits per heavy atom. The summed E-state index contributed by atoms with van der Waals surface area (Å²) in [5.41, 5.74) is 13.5. The van der Waals surface area contributed by atoms with Gasteiger partial charge in [-0.15, -0.1) is 0 Å². The Kier molecular flexibility index (Phi) is 10.1. The fraction of sp³-hybridized carbons (Fsp3) is 0.273. The smallest absolute Gasteiger partial charge is 0.00258 e. The topological polar surface area (TPSA) is 0 Å². The van der Waals surface area contributed by atoms with Crippen LogP contribution in [0.3, 0.4) is 0 Å². The van der Waals surface area contributed by atoms with Crippen LogP contribution in [0.25, 0.3) is 11.1 Å². The van der Waals surface area contributed by atoms with E-state index in [1.807, 2.05) is 13.8 Å². The molecule has 0 spiro atoms. The van der Waals surface area contributed by atoms with Gasteiger partial charge in [0.15, 0.2) is 0 Å². The maximum absolute atomic E-state index is 2.24. The molecule has 0 aromatic heterocycles. The third-order valence-electron chi connectivity index (χ3n) is 5.70. The molecule has 0 saturated heterocycles. The molecule has 4 aromatic carbocycles. The summed E-state index contributed by atoms with van der Waals surface area (Å²) in [6.45, 7) is 16.9. The highest BCUT2D eigenvalue weighted by Gasteiger charge is 2.05. The number of hydrogen-bond acceptors (Lipinski definition) is 0. The lowest BCUT2D eigenvalue weighted by atomic mass is 9.94. The van der Waals surface area contributed by atoms with Gasteiger partial charge in [-0.3, -0.25) is 0 Å². The van der Waals surface area contributed by atoms with Crippen LogP contribution in [0.4, 0.5) is 0 Å². The molecule has 0 nitrogen and oxygen atoms in total. The molecule has 0 heteroatoms. The van der Waals surface area contributed by atoms with E-state index in [0.717, 1.165) is 6.42 Å². The number of aryl methyl sites for hydroxylation is 6. The molecule has 0 heterocycles. The van der Waals surface area contributed by atoms with Crippen molar-refractivity contribution in [3.8, 4) is 11.1 Å². The monoisotopic (exact) mass is 436 g/mol. The van der Waals surface area contributed by atoms with Crippen molar-refractivity contribution in [2.75, 3.05) is 0 Å². The molecule has 0 N–H and O–H groups in total. The summed E-state index contributed by atoms with van der Waals surface area (Å²) in [6, 6.07) is 30.8. The Hall–Kier alpha value is -3.12. The second-order valence-electron chi connectivity index (χ2n) is 8.78. The minimum atomic E-state index is 1.03. The van der Waals surface area contributed by atoms with Gasteiger partial charge in [-0.2, -0.15) is 0 Å². The number of hydrogen-bond donors (Lipinski definition) is 0. The molecule has 4 rings (SSSR count). The molecule has 33 heavy (non-hydrogen) atoms. The average Bonchev–Trinajstić information content (AvgIpc) is 2.79. The van der Waals surface area contributed by atoms with Gasteiger partial charge in [-0.05, 0) is 81.3 Å². The molecule has 0 unspecified atom stereocenters. The zero-order valence-electron chi connectivity index (χ0n) is 21.8. The predicted molar refractivity (Wildman–Crippen MR) is 147 cm³/mol. The van der Waals surface area contributed by atoms with Crippen LogP contribution >= 0.6 is 0 Å². The first-order valence-corrected chi connectivity index (χ1v) is 12.1. The van der Waals surface area contributed by atoms with E-state index in [9.17, 15) is 0 Å². The van der Waals surface area contributed by atoms with Crippen LogP contribution in [0.2, 0.25) is 0 Å². The van der Waals surface area contributed by atoms with Crippen LogP contribution < -0.4 is 0 Å². The highest BCUT2D eigenvalue weighted by atomic mass is 14.1. The van der Waals surface area contributed by atoms with Gasteiger partial charge >= 0.3 is 0 Å². The third kappa shape index (κ3) is 8.06. The summed E-state index contributed by atoms with van der Waals surface area (Å²) in [7, 11) is 0. The molecule has 0 aliphatic heterocycles. The van der Waals surface area contributed by atoms with Crippen molar-refractivity contribution in [1.82, 2.24) is 0 Å². The second kappa shape index (κ2) is 12.8. The first-order chi connectivity index (χ1) is 15.8. The van der Waals surface area contributed by atoms with Gasteiger partial charge in [0.1, 0.15) is 0 Å². The maximum Gasteiger partial charge on any atom is -0.00258 e. The van der Waals surface area contributed by atoms with Crippen LogP contribution in [0.15, 0.2) is 84.9 Å². The molecule has 0 saturated carbocycles. The van der Waals surface area contributed by atoms with Crippen molar-refractivity contribution in [3.05, 3.63) is 129 Å². The molecular weight excluding hydrogens is 396 g/mol. The van der Waals surface area contributed by atoms with Gasteiger partial charge in [-0.1, -0.05) is 121 Å². The van der Waals surface area contributed by atoms with Gasteiger partial charge in [0, 0.05) is 0 Å². The van der Waals surface area contributed by atoms with E-state index in [1.54, 1.807) is 0 Å². The van der Waals surface area contributed by atoms with Gasteiger partial charge in [-0.25, -0.2) is 0 Å². The summed E-state index contributed by atoms with van der Waals surface area (Å²) in [4.78, 5) is 0. The fourth-order valence-electron chi connectivity index (χ4n) is 3.88. The van der Waals surface area contributed by atoms with E-state index >= 15 is 0 Å². The van der Waals surface area contributed by atoms with Gasteiger partial charge < -0.3 is 0 Å². The number of benzene rings is 4. The van der Waals surface area contributed by atoms with Crippen molar-refractivity contribution >= 4 is 0 Å². The average molecular weight is 437 g/mol. The van der Waals surface area contributed by atoms with Crippen LogP contribution in [0.5, 0.6) is 0 Å². The van der Waals surface area contributed by atoms with Crippen LogP contribution in [-0.2, 0) is 6.42 Å². The fourth-order valence-corrected chi connectivity index (χ4v) is 3.88. The summed E-state index contributed by atoms with van der Waals surface area (Å²) in [5, 5.41) is 0. The molecule has 0 aliphatic rings. The summed E-state index contributed by atoms with van der Waals surface area (Å²) in [6.07, 6.45) is 1.03. The quantitative estimate of drug-likeness (QED) is 0.300. The highest BCUT2D eigenvalue weighted by Crippen LogP contribution is 2.27. The Morgan fingerprint density at radius 1 is 0.394 bits per heavy atom. The minimum absolute atomic E-state index is 1.03. The van der Waals surface area contributed by atoms with E-state index in [2.05, 4.69) is 126 Å². The summed E-state index contributed by atoms with van der Waals surface area (Å²) >= 11 is 0. The summed E-state index contributed by atoms with van der Waals surface area (Å²) in [5.74, 6) is 0. The number of rotatable bonds is 3. The molecule has 0 aliphatic carbocycles. The van der Waals surface area contributed by atoms with Gasteiger partial charge in [0.05, 0.1) is 0 Å². The van der Waals surface area contributed by atoms with E-state index in [1.165, 1.54) is 55.6 Å². The van der Waals surface area contributed by atoms with E-state index in [4.69, 9.17) is 0 Å². The van der Waals surface area contributed by atoms with E-state index in [0.29, 0.717) is 0 Å². The minimum Gasteiger partial charge on any atom is -0.0683 e. The standard InChI is InChI=1S/C16H18.C15H16.C2H6/c1-11-5-7-15(13(3)9-11)16-8-6-12(2)10-14(16)4;1-12-3-7-14(8-4-12)11-15-9-5-13(2)6-10-15;1-2/h5-10H,1-4H3;3-10H,11H2,1-2H3;1-2H3. The largest absolute Gasteiger partial charge is 0.0683 e. The highest BCUT2D eigenvalue weighted by molar-refractivity contribution is 5.71. The molecule has 0 radical (unpaired) electrons. The van der Waals surface area contributed by atoms with Crippen molar-refractivity contribution in [2.24, 2.45) is 0 Å². The van der Waals surface area contributed by atoms with Gasteiger partial charge in [0.25, 0.3) is 0 Å². The van der Waals surface area contributed by atoms with E-state index in [-0.39, 0.29) is 0 Å². The molecule has 172 valence electrons. The van der Waals surface area contributed by atoms with Crippen molar-refractivity contribution in [2.45, 2.75) is 61.8 Å². The van der Waals surface area contributed by atoms with Crippen LogP contribution in [-0.4, -0.2) is 0 Å². The zero-order valence-corrected chi connectivity index (χ0v) is 21.8. The Bertz CT molecular complexity index is 1040. The zero-order chi connectivity index (χ0) is 24.4. The second-order valence-corrected chi connectivity index (χ2v) is 8.78. The first-order valence-electron chi connectivity index (χ1n) is 12.1. The molecule has 0 fully saturated rings. The first kappa shape index (κ1) is 26.1. The lowest BCUT2D eigenvalue weighted by molar-refractivity contribution is 1.18. The maximum atomic E-state index is 2.24. The predicted octanol–water partition coefficient (Wildman–Crippen LogP) is 9.51. The molecule has 0 atom stereocenters. The molecule has 0 amide bonds. The Labute approximate surface area is 202 Å². The van der Waals surface area contributed by atoms with Crippen molar-refractivity contribution in [1.29, 1.82) is 0 Å². The molecular formula is C33H40. The lowest BCUT2D eigenvalue weighted by Gasteiger charge is -2.10. The molecule has 0 bridgehead atoms.